The first-order valence-corrected chi connectivity index (χ1v) is 8.70. The maximum atomic E-state index is 11.8. The second-order valence-electron chi connectivity index (χ2n) is 8.11. The van der Waals surface area contributed by atoms with E-state index in [0.29, 0.717) is 30.1 Å². The van der Waals surface area contributed by atoms with Crippen molar-refractivity contribution in [1.82, 2.24) is 0 Å². The van der Waals surface area contributed by atoms with Crippen LogP contribution >= 0.6 is 0 Å². The van der Waals surface area contributed by atoms with E-state index in [1.165, 1.54) is 11.1 Å². The molecule has 4 unspecified atom stereocenters. The Balaban J connectivity index is 1.73. The summed E-state index contributed by atoms with van der Waals surface area (Å²) in [5.41, 5.74) is 1.05. The highest BCUT2D eigenvalue weighted by atomic mass is 16.3. The van der Waals surface area contributed by atoms with Gasteiger partial charge < -0.3 is 5.11 Å². The Morgan fingerprint density at radius 2 is 2.17 bits per heavy atom. The third-order valence-electron chi connectivity index (χ3n) is 7.08. The van der Waals surface area contributed by atoms with Gasteiger partial charge in [0.2, 0.25) is 0 Å². The lowest BCUT2D eigenvalue weighted by Crippen LogP contribution is -2.53. The van der Waals surface area contributed by atoms with E-state index in [1.807, 2.05) is 12.2 Å². The lowest BCUT2D eigenvalue weighted by Gasteiger charge is -2.55. The molecule has 4 aliphatic rings. The van der Waals surface area contributed by atoms with E-state index < -0.39 is 5.60 Å². The van der Waals surface area contributed by atoms with Gasteiger partial charge in [0.05, 0.1) is 0 Å². The number of aliphatic hydroxyl groups is 1. The standard InChI is InChI=1S/C21H24O2/c1-4-21(23)10-9-18-17-7-5-14-11-15(22)6-8-16(14)19(17)13(2)12-20(18,21)3/h1,9-11,16-19,23H,2,5-8,12H2,3H3/t16?,17?,18?,19?,20-,21-/m0/s1. The number of carbonyl (C=O) groups is 1. The highest BCUT2D eigenvalue weighted by Gasteiger charge is 2.60. The van der Waals surface area contributed by atoms with E-state index in [2.05, 4.69) is 25.5 Å². The smallest absolute Gasteiger partial charge is 0.155 e. The van der Waals surface area contributed by atoms with E-state index in [9.17, 15) is 9.90 Å². The number of rotatable bonds is 0. The van der Waals surface area contributed by atoms with Gasteiger partial charge in [-0.15, -0.1) is 6.42 Å². The van der Waals surface area contributed by atoms with Gasteiger partial charge in [-0.05, 0) is 61.5 Å². The van der Waals surface area contributed by atoms with Gasteiger partial charge in [0, 0.05) is 11.8 Å². The third-order valence-corrected chi connectivity index (χ3v) is 7.08. The normalized spacial score (nSPS) is 48.1. The molecule has 120 valence electrons. The molecule has 0 aromatic rings. The number of allylic oxidation sites excluding steroid dienone is 4. The molecule has 2 fully saturated rings. The summed E-state index contributed by atoms with van der Waals surface area (Å²) >= 11 is 0. The van der Waals surface area contributed by atoms with Gasteiger partial charge in [-0.1, -0.05) is 36.6 Å². The second-order valence-corrected chi connectivity index (χ2v) is 8.11. The zero-order valence-corrected chi connectivity index (χ0v) is 13.7. The summed E-state index contributed by atoms with van der Waals surface area (Å²) in [5.74, 6) is 4.60. The van der Waals surface area contributed by atoms with Gasteiger partial charge in [0.15, 0.2) is 5.78 Å². The van der Waals surface area contributed by atoms with Crippen LogP contribution in [-0.4, -0.2) is 16.5 Å². The third kappa shape index (κ3) is 1.83. The van der Waals surface area contributed by atoms with Crippen molar-refractivity contribution < 1.29 is 9.90 Å². The molecular formula is C21H24O2. The molecule has 4 rings (SSSR count). The molecule has 0 aliphatic heterocycles. The minimum atomic E-state index is -1.16. The molecule has 0 saturated heterocycles. The van der Waals surface area contributed by atoms with Crippen LogP contribution in [0.4, 0.5) is 0 Å². The van der Waals surface area contributed by atoms with Crippen molar-refractivity contribution in [3.8, 4) is 12.3 Å². The molecule has 1 N–H and O–H groups in total. The fourth-order valence-electron chi connectivity index (χ4n) is 5.91. The molecule has 2 saturated carbocycles. The molecule has 2 heteroatoms. The fourth-order valence-corrected chi connectivity index (χ4v) is 5.91. The van der Waals surface area contributed by atoms with Crippen LogP contribution in [0.15, 0.2) is 36.0 Å². The summed E-state index contributed by atoms with van der Waals surface area (Å²) in [5, 5.41) is 10.9. The van der Waals surface area contributed by atoms with Crippen LogP contribution in [0.1, 0.15) is 39.0 Å². The van der Waals surface area contributed by atoms with Crippen molar-refractivity contribution >= 4 is 5.78 Å². The Bertz CT molecular complexity index is 691. The number of hydrogen-bond donors (Lipinski definition) is 1. The molecule has 0 spiro atoms. The predicted molar refractivity (Wildman–Crippen MR) is 90.3 cm³/mol. The number of terminal acetylenes is 1. The molecule has 0 bridgehead atoms. The van der Waals surface area contributed by atoms with Crippen LogP contribution in [0.5, 0.6) is 0 Å². The fraction of sp³-hybridized carbons (Fsp3) is 0.571. The van der Waals surface area contributed by atoms with E-state index in [-0.39, 0.29) is 11.2 Å². The molecule has 0 heterocycles. The number of carbonyl (C=O) groups excluding carboxylic acids is 1. The molecule has 4 aliphatic carbocycles. The quantitative estimate of drug-likeness (QED) is 0.550. The monoisotopic (exact) mass is 308 g/mol. The first-order chi connectivity index (χ1) is 10.9. The maximum Gasteiger partial charge on any atom is 0.155 e. The van der Waals surface area contributed by atoms with Crippen molar-refractivity contribution in [3.05, 3.63) is 36.0 Å². The van der Waals surface area contributed by atoms with Gasteiger partial charge >= 0.3 is 0 Å². The molecule has 0 radical (unpaired) electrons. The predicted octanol–water partition coefficient (Wildman–Crippen LogP) is 3.43. The average Bonchev–Trinajstić information content (AvgIpc) is 2.78. The SMILES string of the molecule is C#C[C@]1(O)C=CC2C3CCC4=CC(=O)CCC4C3C(=C)C[C@@]21C. The van der Waals surface area contributed by atoms with Crippen molar-refractivity contribution in [2.45, 2.75) is 44.6 Å². The zero-order valence-electron chi connectivity index (χ0n) is 13.7. The molecule has 23 heavy (non-hydrogen) atoms. The Hall–Kier alpha value is -1.59. The van der Waals surface area contributed by atoms with Gasteiger partial charge in [-0.25, -0.2) is 0 Å². The molecule has 0 amide bonds. The first-order valence-electron chi connectivity index (χ1n) is 8.70. The van der Waals surface area contributed by atoms with Gasteiger partial charge in [0.25, 0.3) is 0 Å². The average molecular weight is 308 g/mol. The summed E-state index contributed by atoms with van der Waals surface area (Å²) in [6.45, 7) is 6.51. The largest absolute Gasteiger partial charge is 0.373 e. The van der Waals surface area contributed by atoms with Crippen molar-refractivity contribution in [1.29, 1.82) is 0 Å². The van der Waals surface area contributed by atoms with E-state index in [0.717, 1.165) is 25.7 Å². The van der Waals surface area contributed by atoms with Crippen molar-refractivity contribution in [2.24, 2.45) is 29.1 Å². The highest BCUT2D eigenvalue weighted by molar-refractivity contribution is 5.91. The summed E-state index contributed by atoms with van der Waals surface area (Å²) < 4.78 is 0. The van der Waals surface area contributed by atoms with Crippen molar-refractivity contribution in [2.75, 3.05) is 0 Å². The molecular weight excluding hydrogens is 284 g/mol. The number of hydrogen-bond acceptors (Lipinski definition) is 2. The van der Waals surface area contributed by atoms with E-state index in [4.69, 9.17) is 6.42 Å². The summed E-state index contributed by atoms with van der Waals surface area (Å²) in [4.78, 5) is 11.8. The minimum Gasteiger partial charge on any atom is -0.373 e. The van der Waals surface area contributed by atoms with Crippen LogP contribution in [-0.2, 0) is 4.79 Å². The minimum absolute atomic E-state index is 0.281. The highest BCUT2D eigenvalue weighted by Crippen LogP contribution is 2.63. The lowest BCUT2D eigenvalue weighted by molar-refractivity contribution is -0.115. The summed E-state index contributed by atoms with van der Waals surface area (Å²) in [6.07, 6.45) is 16.0. The second kappa shape index (κ2) is 4.71. The molecule has 6 atom stereocenters. The van der Waals surface area contributed by atoms with Crippen LogP contribution in [0, 0.1) is 41.4 Å². The topological polar surface area (TPSA) is 37.3 Å². The number of fused-ring (bicyclic) bond motifs is 5. The van der Waals surface area contributed by atoms with Crippen LogP contribution < -0.4 is 0 Å². The molecule has 0 aromatic carbocycles. The van der Waals surface area contributed by atoms with Crippen molar-refractivity contribution in [3.63, 3.8) is 0 Å². The summed E-state index contributed by atoms with van der Waals surface area (Å²) in [7, 11) is 0. The molecule has 0 aromatic heterocycles. The van der Waals surface area contributed by atoms with E-state index >= 15 is 0 Å². The number of ketones is 1. The Morgan fingerprint density at radius 1 is 1.39 bits per heavy atom. The lowest BCUT2D eigenvalue weighted by atomic mass is 9.49. The molecule has 2 nitrogen and oxygen atoms in total. The van der Waals surface area contributed by atoms with Crippen LogP contribution in [0.25, 0.3) is 0 Å². The first kappa shape index (κ1) is 15.0. The Labute approximate surface area is 138 Å². The van der Waals surface area contributed by atoms with E-state index in [1.54, 1.807) is 0 Å². The van der Waals surface area contributed by atoms with Gasteiger partial charge in [-0.2, -0.15) is 0 Å². The summed E-state index contributed by atoms with van der Waals surface area (Å²) in [6, 6.07) is 0. The Morgan fingerprint density at radius 3 is 2.91 bits per heavy atom. The zero-order chi connectivity index (χ0) is 16.4. The van der Waals surface area contributed by atoms with Crippen LogP contribution in [0.3, 0.4) is 0 Å². The van der Waals surface area contributed by atoms with Gasteiger partial charge in [-0.3, -0.25) is 4.79 Å². The van der Waals surface area contributed by atoms with Gasteiger partial charge in [0.1, 0.15) is 5.60 Å². The van der Waals surface area contributed by atoms with Crippen LogP contribution in [0.2, 0.25) is 0 Å². The Kier molecular flexibility index (Phi) is 3.06. The maximum absolute atomic E-state index is 11.8.